The summed E-state index contributed by atoms with van der Waals surface area (Å²) in [4.78, 5) is 12.1. The second-order valence-electron chi connectivity index (χ2n) is 3.82. The maximum absolute atomic E-state index is 13.1. The molecule has 1 rings (SSSR count). The number of halogens is 2. The van der Waals surface area contributed by atoms with Gasteiger partial charge in [-0.1, -0.05) is 0 Å². The van der Waals surface area contributed by atoms with E-state index in [0.29, 0.717) is 17.7 Å². The van der Waals surface area contributed by atoms with E-state index in [2.05, 4.69) is 0 Å². The number of allylic oxidation sites excluding steroid dienone is 4. The van der Waals surface area contributed by atoms with Gasteiger partial charge in [-0.05, 0) is 31.2 Å². The molecular formula is C14H12F2N2O. The van der Waals surface area contributed by atoms with Crippen molar-refractivity contribution in [3.63, 3.8) is 0 Å². The average Bonchev–Trinajstić information content (AvgIpc) is 2.42. The molecule has 0 atom stereocenters. The van der Waals surface area contributed by atoms with E-state index in [4.69, 9.17) is 5.26 Å². The number of anilines is 1. The van der Waals surface area contributed by atoms with Gasteiger partial charge in [0.05, 0.1) is 5.57 Å². The smallest absolute Gasteiger partial charge is 0.160 e. The zero-order valence-corrected chi connectivity index (χ0v) is 10.5. The SMILES string of the molecule is C/C(=C/C=C(/C#N)C=O)N(C)c1ccc(F)c(F)c1. The topological polar surface area (TPSA) is 44.1 Å². The first kappa shape index (κ1) is 14.6. The molecule has 3 nitrogen and oxygen atoms in total. The first-order valence-corrected chi connectivity index (χ1v) is 5.42. The molecule has 0 aliphatic heterocycles. The molecule has 0 aromatic heterocycles. The van der Waals surface area contributed by atoms with Crippen molar-refractivity contribution in [1.29, 1.82) is 5.26 Å². The summed E-state index contributed by atoms with van der Waals surface area (Å²) >= 11 is 0. The lowest BCUT2D eigenvalue weighted by atomic mass is 10.2. The molecule has 5 heteroatoms. The molecule has 1 aromatic rings. The Bertz CT molecular complexity index is 586. The summed E-state index contributed by atoms with van der Waals surface area (Å²) in [6.07, 6.45) is 3.36. The molecule has 0 aliphatic carbocycles. The predicted octanol–water partition coefficient (Wildman–Crippen LogP) is 2.95. The van der Waals surface area contributed by atoms with E-state index in [-0.39, 0.29) is 5.57 Å². The number of nitriles is 1. The molecule has 0 saturated carbocycles. The highest BCUT2D eigenvalue weighted by Crippen LogP contribution is 2.20. The Balaban J connectivity index is 2.99. The van der Waals surface area contributed by atoms with Crippen molar-refractivity contribution < 1.29 is 13.6 Å². The van der Waals surface area contributed by atoms with Crippen LogP contribution in [0.2, 0.25) is 0 Å². The van der Waals surface area contributed by atoms with Gasteiger partial charge in [-0.2, -0.15) is 5.26 Å². The second-order valence-corrected chi connectivity index (χ2v) is 3.82. The lowest BCUT2D eigenvalue weighted by molar-refractivity contribution is -0.104. The third kappa shape index (κ3) is 3.75. The number of nitrogens with zero attached hydrogens (tertiary/aromatic N) is 2. The molecular weight excluding hydrogens is 250 g/mol. The molecule has 0 amide bonds. The van der Waals surface area contributed by atoms with Gasteiger partial charge >= 0.3 is 0 Å². The molecule has 0 saturated heterocycles. The number of hydrogen-bond donors (Lipinski definition) is 0. The van der Waals surface area contributed by atoms with Gasteiger partial charge in [-0.15, -0.1) is 0 Å². The maximum Gasteiger partial charge on any atom is 0.160 e. The molecule has 19 heavy (non-hydrogen) atoms. The lowest BCUT2D eigenvalue weighted by Gasteiger charge is -2.19. The summed E-state index contributed by atoms with van der Waals surface area (Å²) in [5.74, 6) is -1.84. The molecule has 0 radical (unpaired) electrons. The Morgan fingerprint density at radius 1 is 1.32 bits per heavy atom. The number of benzene rings is 1. The van der Waals surface area contributed by atoms with Crippen LogP contribution in [0.3, 0.4) is 0 Å². The van der Waals surface area contributed by atoms with Crippen molar-refractivity contribution in [2.24, 2.45) is 0 Å². The first-order chi connectivity index (χ1) is 8.99. The van der Waals surface area contributed by atoms with E-state index < -0.39 is 11.6 Å². The molecule has 98 valence electrons. The Labute approximate surface area is 110 Å². The highest BCUT2D eigenvalue weighted by Gasteiger charge is 2.07. The Hall–Kier alpha value is -2.48. The normalized spacial score (nSPS) is 11.9. The average molecular weight is 262 g/mol. The van der Waals surface area contributed by atoms with Crippen LogP contribution in [0, 0.1) is 23.0 Å². The Morgan fingerprint density at radius 2 is 2.00 bits per heavy atom. The summed E-state index contributed by atoms with van der Waals surface area (Å²) in [6.45, 7) is 1.72. The monoisotopic (exact) mass is 262 g/mol. The van der Waals surface area contributed by atoms with Gasteiger partial charge in [-0.25, -0.2) is 8.78 Å². The molecule has 0 fully saturated rings. The zero-order valence-electron chi connectivity index (χ0n) is 10.5. The van der Waals surface area contributed by atoms with Crippen LogP contribution in [0.4, 0.5) is 14.5 Å². The van der Waals surface area contributed by atoms with E-state index in [9.17, 15) is 13.6 Å². The highest BCUT2D eigenvalue weighted by molar-refractivity contribution is 5.79. The number of carbonyl (C=O) groups excluding carboxylic acids is 1. The van der Waals surface area contributed by atoms with Gasteiger partial charge < -0.3 is 4.90 Å². The third-order valence-electron chi connectivity index (χ3n) is 2.58. The summed E-state index contributed by atoms with van der Waals surface area (Å²) in [7, 11) is 1.67. The first-order valence-electron chi connectivity index (χ1n) is 5.42. The van der Waals surface area contributed by atoms with Gasteiger partial charge in [0.25, 0.3) is 0 Å². The lowest BCUT2D eigenvalue weighted by Crippen LogP contribution is -2.14. The largest absolute Gasteiger partial charge is 0.348 e. The van der Waals surface area contributed by atoms with Crippen molar-refractivity contribution in [3.05, 3.63) is 53.3 Å². The van der Waals surface area contributed by atoms with Crippen molar-refractivity contribution in [2.45, 2.75) is 6.92 Å². The van der Waals surface area contributed by atoms with Crippen LogP contribution < -0.4 is 4.90 Å². The molecule has 0 aliphatic rings. The molecule has 0 bridgehead atoms. The van der Waals surface area contributed by atoms with E-state index in [1.807, 2.05) is 0 Å². The quantitative estimate of drug-likeness (QED) is 0.362. The predicted molar refractivity (Wildman–Crippen MR) is 68.3 cm³/mol. The second kappa shape index (κ2) is 6.45. The third-order valence-corrected chi connectivity index (χ3v) is 2.58. The standard InChI is InChI=1S/C14H12F2N2O/c1-10(3-4-11(8-17)9-19)18(2)12-5-6-13(15)14(16)7-12/h3-7,9H,1-2H3/b10-3-,11-4-. The summed E-state index contributed by atoms with van der Waals surface area (Å²) in [5, 5.41) is 8.58. The van der Waals surface area contributed by atoms with Crippen molar-refractivity contribution in [2.75, 3.05) is 11.9 Å². The molecule has 0 heterocycles. The number of rotatable bonds is 4. The van der Waals surface area contributed by atoms with E-state index in [1.54, 1.807) is 31.0 Å². The van der Waals surface area contributed by atoms with Crippen molar-refractivity contribution >= 4 is 12.0 Å². The minimum Gasteiger partial charge on any atom is -0.348 e. The van der Waals surface area contributed by atoms with E-state index in [0.717, 1.165) is 12.1 Å². The van der Waals surface area contributed by atoms with Gasteiger partial charge in [0.15, 0.2) is 17.9 Å². The van der Waals surface area contributed by atoms with Crippen LogP contribution in [0.15, 0.2) is 41.6 Å². The highest BCUT2D eigenvalue weighted by atomic mass is 19.2. The summed E-state index contributed by atoms with van der Waals surface area (Å²) < 4.78 is 25.9. The number of aldehydes is 1. The van der Waals surface area contributed by atoms with Crippen LogP contribution in [-0.2, 0) is 4.79 Å². The fourth-order valence-corrected chi connectivity index (χ4v) is 1.32. The van der Waals surface area contributed by atoms with Crippen molar-refractivity contribution in [1.82, 2.24) is 0 Å². The van der Waals surface area contributed by atoms with Crippen LogP contribution in [0.5, 0.6) is 0 Å². The van der Waals surface area contributed by atoms with Gasteiger partial charge in [0.1, 0.15) is 6.07 Å². The molecule has 1 aromatic carbocycles. The van der Waals surface area contributed by atoms with E-state index >= 15 is 0 Å². The van der Waals surface area contributed by atoms with Gasteiger partial charge in [-0.3, -0.25) is 4.79 Å². The van der Waals surface area contributed by atoms with Crippen LogP contribution in [-0.4, -0.2) is 13.3 Å². The molecule has 0 N–H and O–H groups in total. The van der Waals surface area contributed by atoms with E-state index in [1.165, 1.54) is 12.1 Å². The summed E-state index contributed by atoms with van der Waals surface area (Å²) in [6, 6.07) is 5.27. The van der Waals surface area contributed by atoms with Crippen LogP contribution in [0.25, 0.3) is 0 Å². The minimum absolute atomic E-state index is 0.0157. The number of carbonyl (C=O) groups is 1. The molecule has 0 unspecified atom stereocenters. The van der Waals surface area contributed by atoms with Gasteiger partial charge in [0.2, 0.25) is 0 Å². The van der Waals surface area contributed by atoms with Crippen LogP contribution in [0.1, 0.15) is 6.92 Å². The number of hydrogen-bond acceptors (Lipinski definition) is 3. The minimum atomic E-state index is -0.932. The Kier molecular flexibility index (Phi) is 4.95. The maximum atomic E-state index is 13.1. The Morgan fingerprint density at radius 3 is 2.53 bits per heavy atom. The zero-order chi connectivity index (χ0) is 14.4. The summed E-state index contributed by atoms with van der Waals surface area (Å²) in [5.41, 5.74) is 1.12. The fraction of sp³-hybridized carbons (Fsp3) is 0.143. The van der Waals surface area contributed by atoms with Gasteiger partial charge in [0, 0.05) is 24.5 Å². The van der Waals surface area contributed by atoms with Crippen molar-refractivity contribution in [3.8, 4) is 6.07 Å². The molecule has 0 spiro atoms. The van der Waals surface area contributed by atoms with Crippen LogP contribution >= 0.6 is 0 Å². The fourth-order valence-electron chi connectivity index (χ4n) is 1.32.